The minimum Gasteiger partial charge on any atom is -0.503 e. The van der Waals surface area contributed by atoms with E-state index < -0.39 is 23.5 Å². The van der Waals surface area contributed by atoms with Crippen molar-refractivity contribution in [1.82, 2.24) is 9.80 Å². The average Bonchev–Trinajstić information content (AvgIpc) is 3.38. The molecular formula is C24H28N2O4. The molecule has 1 amide bonds. The van der Waals surface area contributed by atoms with Crippen LogP contribution in [0.1, 0.15) is 37.6 Å². The summed E-state index contributed by atoms with van der Waals surface area (Å²) in [6.45, 7) is 7.40. The van der Waals surface area contributed by atoms with Crippen molar-refractivity contribution in [3.8, 4) is 0 Å². The number of furan rings is 1. The van der Waals surface area contributed by atoms with Gasteiger partial charge in [-0.25, -0.2) is 0 Å². The Balaban J connectivity index is 1.86. The molecule has 1 aliphatic rings. The number of aliphatic hydroxyl groups is 1. The van der Waals surface area contributed by atoms with Crippen molar-refractivity contribution in [3.05, 3.63) is 77.5 Å². The van der Waals surface area contributed by atoms with Gasteiger partial charge in [-0.1, -0.05) is 44.2 Å². The van der Waals surface area contributed by atoms with Crippen LogP contribution in [0.3, 0.4) is 0 Å². The number of allylic oxidation sites excluding steroid dienone is 1. The molecule has 0 fully saturated rings. The molecule has 2 aromatic rings. The van der Waals surface area contributed by atoms with Crippen LogP contribution in [0.15, 0.2) is 70.6 Å². The van der Waals surface area contributed by atoms with Crippen LogP contribution < -0.4 is 0 Å². The Hall–Kier alpha value is -3.12. The molecule has 1 aromatic heterocycles. The number of ketones is 1. The fourth-order valence-corrected chi connectivity index (χ4v) is 3.76. The molecule has 1 unspecified atom stereocenters. The van der Waals surface area contributed by atoms with E-state index in [0.717, 1.165) is 31.6 Å². The third-order valence-electron chi connectivity index (χ3n) is 5.39. The molecule has 158 valence electrons. The van der Waals surface area contributed by atoms with Crippen molar-refractivity contribution in [2.24, 2.45) is 0 Å². The first-order valence-electron chi connectivity index (χ1n) is 10.3. The second-order valence-corrected chi connectivity index (χ2v) is 7.17. The van der Waals surface area contributed by atoms with Gasteiger partial charge in [-0.2, -0.15) is 0 Å². The molecule has 1 aliphatic heterocycles. The van der Waals surface area contributed by atoms with Gasteiger partial charge in [0.2, 0.25) is 0 Å². The third-order valence-corrected chi connectivity index (χ3v) is 5.39. The Kier molecular flexibility index (Phi) is 7.25. The number of carbonyl (C=O) groups is 2. The van der Waals surface area contributed by atoms with Crippen molar-refractivity contribution in [2.75, 3.05) is 26.2 Å². The number of hydrogen-bond acceptors (Lipinski definition) is 5. The second kappa shape index (κ2) is 10.1. The summed E-state index contributed by atoms with van der Waals surface area (Å²) in [5, 5.41) is 10.6. The lowest BCUT2D eigenvalue weighted by molar-refractivity contribution is -0.129. The van der Waals surface area contributed by atoms with E-state index in [1.807, 2.05) is 30.3 Å². The zero-order valence-corrected chi connectivity index (χ0v) is 17.5. The van der Waals surface area contributed by atoms with Gasteiger partial charge < -0.3 is 19.3 Å². The Morgan fingerprint density at radius 1 is 1.17 bits per heavy atom. The van der Waals surface area contributed by atoms with Crippen molar-refractivity contribution >= 4 is 17.8 Å². The quantitative estimate of drug-likeness (QED) is 0.602. The van der Waals surface area contributed by atoms with Gasteiger partial charge in [0.15, 0.2) is 11.5 Å². The lowest BCUT2D eigenvalue weighted by Gasteiger charge is -2.27. The molecule has 1 N–H and O–H groups in total. The molecule has 3 rings (SSSR count). The molecule has 0 saturated carbocycles. The van der Waals surface area contributed by atoms with Gasteiger partial charge in [0, 0.05) is 6.54 Å². The Labute approximate surface area is 177 Å². The number of amides is 1. The molecule has 0 spiro atoms. The first-order valence-corrected chi connectivity index (χ1v) is 10.3. The van der Waals surface area contributed by atoms with Gasteiger partial charge >= 0.3 is 0 Å². The third kappa shape index (κ3) is 4.71. The largest absolute Gasteiger partial charge is 0.503 e. The lowest BCUT2D eigenvalue weighted by Crippen LogP contribution is -2.34. The van der Waals surface area contributed by atoms with E-state index in [-0.39, 0.29) is 5.57 Å². The molecule has 30 heavy (non-hydrogen) atoms. The highest BCUT2D eigenvalue weighted by molar-refractivity contribution is 6.14. The van der Waals surface area contributed by atoms with E-state index in [2.05, 4.69) is 18.7 Å². The fourth-order valence-electron chi connectivity index (χ4n) is 3.76. The van der Waals surface area contributed by atoms with Gasteiger partial charge in [0.25, 0.3) is 5.91 Å². The van der Waals surface area contributed by atoms with Crippen LogP contribution in [0.4, 0.5) is 0 Å². The van der Waals surface area contributed by atoms with Crippen molar-refractivity contribution in [1.29, 1.82) is 0 Å². The lowest BCUT2D eigenvalue weighted by atomic mass is 9.95. The summed E-state index contributed by atoms with van der Waals surface area (Å²) in [5.41, 5.74) is 0.907. The van der Waals surface area contributed by atoms with Gasteiger partial charge in [0.05, 0.1) is 17.9 Å². The molecule has 6 nitrogen and oxygen atoms in total. The van der Waals surface area contributed by atoms with E-state index in [0.29, 0.717) is 12.3 Å². The molecule has 1 aromatic carbocycles. The predicted molar refractivity (Wildman–Crippen MR) is 116 cm³/mol. The fraction of sp³-hybridized carbons (Fsp3) is 0.333. The average molecular weight is 408 g/mol. The first-order chi connectivity index (χ1) is 14.6. The van der Waals surface area contributed by atoms with Crippen LogP contribution in [-0.2, 0) is 9.59 Å². The number of nitrogens with zero attached hydrogens (tertiary/aromatic N) is 2. The minimum absolute atomic E-state index is 0.108. The van der Waals surface area contributed by atoms with Gasteiger partial charge in [-0.15, -0.1) is 0 Å². The van der Waals surface area contributed by atoms with E-state index in [9.17, 15) is 14.7 Å². The zero-order valence-electron chi connectivity index (χ0n) is 17.5. The topological polar surface area (TPSA) is 74.0 Å². The first kappa shape index (κ1) is 21.6. The molecule has 1 atom stereocenters. The highest BCUT2D eigenvalue weighted by atomic mass is 16.3. The van der Waals surface area contributed by atoms with Crippen LogP contribution in [0.5, 0.6) is 0 Å². The highest BCUT2D eigenvalue weighted by Crippen LogP contribution is 2.38. The molecular weight excluding hydrogens is 380 g/mol. The molecule has 6 heteroatoms. The van der Waals surface area contributed by atoms with E-state index in [1.54, 1.807) is 17.0 Å². The maximum Gasteiger partial charge on any atom is 0.290 e. The highest BCUT2D eigenvalue weighted by Gasteiger charge is 2.42. The number of hydrogen-bond donors (Lipinski definition) is 1. The number of benzene rings is 1. The SMILES string of the molecule is CCN(CC)CCCN1C(=O)C(O)=C(C(=O)/C=C/c2ccco2)C1c1ccccc1. The number of aliphatic hydroxyl groups excluding tert-OH is 1. The van der Waals surface area contributed by atoms with Crippen LogP contribution >= 0.6 is 0 Å². The molecule has 2 heterocycles. The molecule has 0 aliphatic carbocycles. The Morgan fingerprint density at radius 3 is 2.53 bits per heavy atom. The normalized spacial score (nSPS) is 17.0. The number of carbonyl (C=O) groups excluding carboxylic acids is 2. The maximum absolute atomic E-state index is 13.0. The summed E-state index contributed by atoms with van der Waals surface area (Å²) >= 11 is 0. The number of rotatable bonds is 10. The van der Waals surface area contributed by atoms with Crippen molar-refractivity contribution < 1.29 is 19.1 Å². The van der Waals surface area contributed by atoms with Gasteiger partial charge in [-0.3, -0.25) is 9.59 Å². The maximum atomic E-state index is 13.0. The van der Waals surface area contributed by atoms with E-state index in [1.165, 1.54) is 18.4 Å². The Bertz CT molecular complexity index is 912. The molecule has 0 saturated heterocycles. The predicted octanol–water partition coefficient (Wildman–Crippen LogP) is 3.99. The standard InChI is InChI=1S/C24H28N2O4/c1-3-25(4-2)15-9-16-26-22(18-10-6-5-7-11-18)21(23(28)24(26)29)20(27)14-13-19-12-8-17-30-19/h5-8,10-14,17,22,28H,3-4,9,15-16H2,1-2H3/b14-13+. The Morgan fingerprint density at radius 2 is 1.90 bits per heavy atom. The summed E-state index contributed by atoms with van der Waals surface area (Å²) < 4.78 is 5.22. The van der Waals surface area contributed by atoms with Crippen LogP contribution in [0.25, 0.3) is 6.08 Å². The van der Waals surface area contributed by atoms with Crippen molar-refractivity contribution in [2.45, 2.75) is 26.3 Å². The molecule has 0 radical (unpaired) electrons. The van der Waals surface area contributed by atoms with E-state index in [4.69, 9.17) is 4.42 Å². The summed E-state index contributed by atoms with van der Waals surface area (Å²) in [6, 6.07) is 12.2. The van der Waals surface area contributed by atoms with Crippen LogP contribution in [0, 0.1) is 0 Å². The summed E-state index contributed by atoms with van der Waals surface area (Å²) in [5.74, 6) is -0.851. The van der Waals surface area contributed by atoms with Crippen LogP contribution in [-0.4, -0.2) is 52.8 Å². The summed E-state index contributed by atoms with van der Waals surface area (Å²) in [7, 11) is 0. The monoisotopic (exact) mass is 408 g/mol. The van der Waals surface area contributed by atoms with E-state index >= 15 is 0 Å². The summed E-state index contributed by atoms with van der Waals surface area (Å²) in [4.78, 5) is 29.7. The summed E-state index contributed by atoms with van der Waals surface area (Å²) in [6.07, 6.45) is 5.16. The zero-order chi connectivity index (χ0) is 21.5. The van der Waals surface area contributed by atoms with Gasteiger partial charge in [-0.05, 0) is 55.9 Å². The van der Waals surface area contributed by atoms with Crippen molar-refractivity contribution in [3.63, 3.8) is 0 Å². The minimum atomic E-state index is -0.607. The van der Waals surface area contributed by atoms with Crippen LogP contribution in [0.2, 0.25) is 0 Å². The van der Waals surface area contributed by atoms with Gasteiger partial charge in [0.1, 0.15) is 5.76 Å². The smallest absolute Gasteiger partial charge is 0.290 e. The second-order valence-electron chi connectivity index (χ2n) is 7.17. The molecule has 0 bridgehead atoms.